The van der Waals surface area contributed by atoms with E-state index in [1.807, 2.05) is 12.1 Å². The van der Waals surface area contributed by atoms with Gasteiger partial charge in [0.2, 0.25) is 0 Å². The van der Waals surface area contributed by atoms with Crippen molar-refractivity contribution in [2.75, 3.05) is 6.54 Å². The van der Waals surface area contributed by atoms with Gasteiger partial charge in [-0.3, -0.25) is 4.79 Å². The lowest BCUT2D eigenvalue weighted by Crippen LogP contribution is -2.40. The van der Waals surface area contributed by atoms with E-state index < -0.39 is 24.7 Å². The van der Waals surface area contributed by atoms with Gasteiger partial charge in [0.25, 0.3) is 5.91 Å². The minimum atomic E-state index is -4.74. The zero-order valence-electron chi connectivity index (χ0n) is 10.3. The van der Waals surface area contributed by atoms with Gasteiger partial charge >= 0.3 is 6.18 Å². The van der Waals surface area contributed by atoms with Gasteiger partial charge in [-0.25, -0.2) is 0 Å². The number of carbonyl (C=O) groups excluding carboxylic acids is 1. The van der Waals surface area contributed by atoms with E-state index in [0.29, 0.717) is 0 Å². The van der Waals surface area contributed by atoms with Crippen LogP contribution in [0.5, 0.6) is 0 Å². The number of aliphatic hydroxyl groups is 1. The zero-order chi connectivity index (χ0) is 14.8. The molecular formula is C14H12F3NO2. The maximum atomic E-state index is 12.1. The number of halogens is 3. The number of benzene rings is 2. The van der Waals surface area contributed by atoms with E-state index in [-0.39, 0.29) is 5.56 Å². The average molecular weight is 283 g/mol. The van der Waals surface area contributed by atoms with Crippen molar-refractivity contribution in [1.29, 1.82) is 0 Å². The molecule has 0 bridgehead atoms. The SMILES string of the molecule is O=C(NCC(O)C(F)(F)F)c1ccc2ccccc2c1. The van der Waals surface area contributed by atoms with Crippen molar-refractivity contribution in [1.82, 2.24) is 5.32 Å². The first kappa shape index (κ1) is 14.3. The lowest BCUT2D eigenvalue weighted by atomic mass is 10.1. The highest BCUT2D eigenvalue weighted by atomic mass is 19.4. The molecule has 6 heteroatoms. The number of alkyl halides is 3. The Morgan fingerprint density at radius 1 is 1.15 bits per heavy atom. The smallest absolute Gasteiger partial charge is 0.382 e. The first-order valence-electron chi connectivity index (χ1n) is 5.90. The molecule has 0 saturated heterocycles. The largest absolute Gasteiger partial charge is 0.416 e. The van der Waals surface area contributed by atoms with Crippen molar-refractivity contribution in [3.05, 3.63) is 48.0 Å². The topological polar surface area (TPSA) is 49.3 Å². The Morgan fingerprint density at radius 2 is 1.80 bits per heavy atom. The Hall–Kier alpha value is -2.08. The Morgan fingerprint density at radius 3 is 2.45 bits per heavy atom. The van der Waals surface area contributed by atoms with Gasteiger partial charge < -0.3 is 10.4 Å². The molecule has 2 aromatic carbocycles. The molecule has 1 unspecified atom stereocenters. The molecule has 20 heavy (non-hydrogen) atoms. The summed E-state index contributed by atoms with van der Waals surface area (Å²) in [5.41, 5.74) is 0.248. The lowest BCUT2D eigenvalue weighted by Gasteiger charge is -2.15. The van der Waals surface area contributed by atoms with Crippen molar-refractivity contribution in [3.63, 3.8) is 0 Å². The standard InChI is InChI=1S/C14H12F3NO2/c15-14(16,17)12(19)8-18-13(20)11-6-5-9-3-1-2-4-10(9)7-11/h1-7,12,19H,8H2,(H,18,20). The zero-order valence-corrected chi connectivity index (χ0v) is 10.3. The van der Waals surface area contributed by atoms with Gasteiger partial charge in [-0.1, -0.05) is 30.3 Å². The van der Waals surface area contributed by atoms with Crippen LogP contribution >= 0.6 is 0 Å². The molecule has 1 atom stereocenters. The van der Waals surface area contributed by atoms with Crippen molar-refractivity contribution >= 4 is 16.7 Å². The van der Waals surface area contributed by atoms with Crippen LogP contribution in [0, 0.1) is 0 Å². The van der Waals surface area contributed by atoms with E-state index in [0.717, 1.165) is 10.8 Å². The van der Waals surface area contributed by atoms with Crippen molar-refractivity contribution in [3.8, 4) is 0 Å². The highest BCUT2D eigenvalue weighted by Gasteiger charge is 2.38. The number of aliphatic hydroxyl groups excluding tert-OH is 1. The van der Waals surface area contributed by atoms with Crippen molar-refractivity contribution < 1.29 is 23.1 Å². The van der Waals surface area contributed by atoms with Gasteiger partial charge in [-0.2, -0.15) is 13.2 Å². The minimum absolute atomic E-state index is 0.248. The fraction of sp³-hybridized carbons (Fsp3) is 0.214. The lowest BCUT2D eigenvalue weighted by molar-refractivity contribution is -0.201. The van der Waals surface area contributed by atoms with Crippen LogP contribution in [-0.4, -0.2) is 29.8 Å². The van der Waals surface area contributed by atoms with E-state index in [4.69, 9.17) is 5.11 Å². The second-order valence-electron chi connectivity index (χ2n) is 4.33. The van der Waals surface area contributed by atoms with Crippen LogP contribution in [0.1, 0.15) is 10.4 Å². The van der Waals surface area contributed by atoms with Crippen LogP contribution in [-0.2, 0) is 0 Å². The minimum Gasteiger partial charge on any atom is -0.382 e. The fourth-order valence-corrected chi connectivity index (χ4v) is 1.74. The number of carbonyl (C=O) groups is 1. The summed E-state index contributed by atoms with van der Waals surface area (Å²) >= 11 is 0. The van der Waals surface area contributed by atoms with Crippen LogP contribution in [0.3, 0.4) is 0 Å². The van der Waals surface area contributed by atoms with Gasteiger partial charge in [0.1, 0.15) is 0 Å². The van der Waals surface area contributed by atoms with Crippen LogP contribution < -0.4 is 5.32 Å². The molecule has 0 spiro atoms. The molecule has 0 fully saturated rings. The number of nitrogens with one attached hydrogen (secondary N) is 1. The second kappa shape index (κ2) is 5.50. The molecular weight excluding hydrogens is 271 g/mol. The average Bonchev–Trinajstić information content (AvgIpc) is 2.42. The quantitative estimate of drug-likeness (QED) is 0.909. The molecule has 0 aliphatic heterocycles. The molecule has 0 aliphatic carbocycles. The third kappa shape index (κ3) is 3.27. The third-order valence-electron chi connectivity index (χ3n) is 2.85. The Kier molecular flexibility index (Phi) is 3.94. The number of fused-ring (bicyclic) bond motifs is 1. The van der Waals surface area contributed by atoms with Crippen molar-refractivity contribution in [2.45, 2.75) is 12.3 Å². The molecule has 0 aliphatic rings. The molecule has 2 N–H and O–H groups in total. The predicted molar refractivity (Wildman–Crippen MR) is 68.3 cm³/mol. The summed E-state index contributed by atoms with van der Waals surface area (Å²) < 4.78 is 36.3. The first-order chi connectivity index (χ1) is 9.38. The number of rotatable bonds is 3. The summed E-state index contributed by atoms with van der Waals surface area (Å²) in [4.78, 5) is 11.7. The van der Waals surface area contributed by atoms with Gasteiger partial charge in [0.15, 0.2) is 6.10 Å². The predicted octanol–water partition coefficient (Wildman–Crippen LogP) is 2.49. The number of amides is 1. The van der Waals surface area contributed by atoms with Gasteiger partial charge in [-0.05, 0) is 22.9 Å². The molecule has 2 aromatic rings. The Balaban J connectivity index is 2.08. The van der Waals surface area contributed by atoms with E-state index in [2.05, 4.69) is 5.32 Å². The second-order valence-corrected chi connectivity index (χ2v) is 4.33. The molecule has 2 rings (SSSR count). The van der Waals surface area contributed by atoms with E-state index in [9.17, 15) is 18.0 Å². The number of hydrogen-bond acceptors (Lipinski definition) is 2. The summed E-state index contributed by atoms with van der Waals surface area (Å²) in [5.74, 6) is -0.654. The monoisotopic (exact) mass is 283 g/mol. The van der Waals surface area contributed by atoms with Gasteiger partial charge in [0.05, 0.1) is 6.54 Å². The highest BCUT2D eigenvalue weighted by molar-refractivity contribution is 5.98. The fourth-order valence-electron chi connectivity index (χ4n) is 1.74. The molecule has 0 aromatic heterocycles. The van der Waals surface area contributed by atoms with Crippen LogP contribution in [0.15, 0.2) is 42.5 Å². The molecule has 106 valence electrons. The molecule has 0 heterocycles. The number of hydrogen-bond donors (Lipinski definition) is 2. The summed E-state index contributed by atoms with van der Waals surface area (Å²) in [5, 5.41) is 12.6. The summed E-state index contributed by atoms with van der Waals surface area (Å²) in [6.07, 6.45) is -7.30. The normalized spacial score (nSPS) is 13.2. The Bertz CT molecular complexity index is 625. The maximum absolute atomic E-state index is 12.1. The Labute approximate surface area is 113 Å². The summed E-state index contributed by atoms with van der Waals surface area (Å²) in [7, 11) is 0. The molecule has 0 saturated carbocycles. The van der Waals surface area contributed by atoms with Crippen molar-refractivity contribution in [2.24, 2.45) is 0 Å². The molecule has 1 amide bonds. The van der Waals surface area contributed by atoms with Crippen LogP contribution in [0.25, 0.3) is 10.8 Å². The van der Waals surface area contributed by atoms with E-state index in [1.54, 1.807) is 24.3 Å². The third-order valence-corrected chi connectivity index (χ3v) is 2.85. The first-order valence-corrected chi connectivity index (χ1v) is 5.90. The molecule has 3 nitrogen and oxygen atoms in total. The van der Waals surface area contributed by atoms with Gasteiger partial charge in [0, 0.05) is 5.56 Å². The molecule has 0 radical (unpaired) electrons. The van der Waals surface area contributed by atoms with Crippen LogP contribution in [0.4, 0.5) is 13.2 Å². The summed E-state index contributed by atoms with van der Waals surface area (Å²) in [6.45, 7) is -0.866. The van der Waals surface area contributed by atoms with E-state index >= 15 is 0 Å². The maximum Gasteiger partial charge on any atom is 0.416 e. The highest BCUT2D eigenvalue weighted by Crippen LogP contribution is 2.19. The summed E-state index contributed by atoms with van der Waals surface area (Å²) in [6, 6.07) is 12.1. The van der Waals surface area contributed by atoms with E-state index in [1.165, 1.54) is 6.07 Å². The van der Waals surface area contributed by atoms with Gasteiger partial charge in [-0.15, -0.1) is 0 Å². The van der Waals surface area contributed by atoms with Crippen LogP contribution in [0.2, 0.25) is 0 Å².